The van der Waals surface area contributed by atoms with Crippen LogP contribution in [0.2, 0.25) is 0 Å². The van der Waals surface area contributed by atoms with Gasteiger partial charge in [0, 0.05) is 0 Å². The predicted octanol–water partition coefficient (Wildman–Crippen LogP) is 3.32. The molecule has 0 nitrogen and oxygen atoms in total. The van der Waals surface area contributed by atoms with E-state index in [1.165, 1.54) is 19.3 Å². The lowest BCUT2D eigenvalue weighted by Gasteiger charge is -2.33. The fourth-order valence-corrected chi connectivity index (χ4v) is 3.42. The molecule has 0 saturated heterocycles. The van der Waals surface area contributed by atoms with Gasteiger partial charge in [0.05, 0.1) is 0 Å². The summed E-state index contributed by atoms with van der Waals surface area (Å²) < 4.78 is 0. The summed E-state index contributed by atoms with van der Waals surface area (Å²) in [5, 5.41) is 0. The second kappa shape index (κ2) is 2.50. The van der Waals surface area contributed by atoms with Crippen LogP contribution in [0.5, 0.6) is 0 Å². The molecule has 0 radical (unpaired) electrons. The van der Waals surface area contributed by atoms with Crippen molar-refractivity contribution in [2.24, 2.45) is 29.6 Å². The lowest BCUT2D eigenvalue weighted by Crippen LogP contribution is -2.26. The largest absolute Gasteiger partial charge is 0.0654 e. The molecule has 2 aliphatic carbocycles. The number of hydrogen-bond donors (Lipinski definition) is 0. The normalized spacial score (nSPS) is 53.2. The van der Waals surface area contributed by atoms with E-state index in [1.807, 2.05) is 0 Å². The molecule has 2 aliphatic rings. The molecule has 0 heteroatoms. The van der Waals surface area contributed by atoms with E-state index >= 15 is 0 Å². The summed E-state index contributed by atoms with van der Waals surface area (Å²) in [5.74, 6) is 5.59. The van der Waals surface area contributed by atoms with Crippen molar-refractivity contribution >= 4 is 0 Å². The van der Waals surface area contributed by atoms with Crippen LogP contribution >= 0.6 is 0 Å². The molecule has 5 unspecified atom stereocenters. The summed E-state index contributed by atoms with van der Waals surface area (Å²) in [7, 11) is 0. The van der Waals surface area contributed by atoms with Crippen LogP contribution in [0.15, 0.2) is 0 Å². The molecular formula is C11H20. The molecule has 5 atom stereocenters. The fourth-order valence-electron chi connectivity index (χ4n) is 3.42. The van der Waals surface area contributed by atoms with Crippen LogP contribution in [-0.2, 0) is 0 Å². The van der Waals surface area contributed by atoms with Crippen LogP contribution < -0.4 is 0 Å². The van der Waals surface area contributed by atoms with E-state index < -0.39 is 0 Å². The van der Waals surface area contributed by atoms with Gasteiger partial charge in [-0.25, -0.2) is 0 Å². The molecular weight excluding hydrogens is 132 g/mol. The van der Waals surface area contributed by atoms with Crippen molar-refractivity contribution in [3.05, 3.63) is 0 Å². The van der Waals surface area contributed by atoms with E-state index in [0.717, 1.165) is 29.6 Å². The lowest BCUT2D eigenvalue weighted by molar-refractivity contribution is 0.158. The SMILES string of the molecule is CCCCC1C(C)C2C(C)C12. The summed E-state index contributed by atoms with van der Waals surface area (Å²) in [6.45, 7) is 7.21. The van der Waals surface area contributed by atoms with Crippen LogP contribution in [-0.4, -0.2) is 0 Å². The third kappa shape index (κ3) is 0.947. The third-order valence-electron chi connectivity index (χ3n) is 4.19. The first-order valence-corrected chi connectivity index (χ1v) is 5.27. The van der Waals surface area contributed by atoms with Gasteiger partial charge in [0.15, 0.2) is 0 Å². The van der Waals surface area contributed by atoms with Crippen molar-refractivity contribution in [2.75, 3.05) is 0 Å². The van der Waals surface area contributed by atoms with Crippen LogP contribution in [0, 0.1) is 29.6 Å². The van der Waals surface area contributed by atoms with Crippen LogP contribution in [0.3, 0.4) is 0 Å². The number of hydrogen-bond acceptors (Lipinski definition) is 0. The molecule has 0 aromatic carbocycles. The van der Waals surface area contributed by atoms with E-state index in [-0.39, 0.29) is 0 Å². The van der Waals surface area contributed by atoms with Gasteiger partial charge in [0.25, 0.3) is 0 Å². The van der Waals surface area contributed by atoms with Crippen molar-refractivity contribution in [3.8, 4) is 0 Å². The summed E-state index contributed by atoms with van der Waals surface area (Å²) >= 11 is 0. The predicted molar refractivity (Wildman–Crippen MR) is 48.3 cm³/mol. The molecule has 0 aromatic rings. The smallest absolute Gasteiger partial charge is 0.0321 e. The van der Waals surface area contributed by atoms with Gasteiger partial charge in [-0.2, -0.15) is 0 Å². The zero-order valence-corrected chi connectivity index (χ0v) is 8.01. The standard InChI is InChI=1S/C11H20/c1-4-5-6-9-7(2)10-8(3)11(9)10/h7-11H,4-6H2,1-3H3. The van der Waals surface area contributed by atoms with Gasteiger partial charge in [-0.3, -0.25) is 0 Å². The van der Waals surface area contributed by atoms with Crippen LogP contribution in [0.25, 0.3) is 0 Å². The van der Waals surface area contributed by atoms with E-state index in [2.05, 4.69) is 20.8 Å². The van der Waals surface area contributed by atoms with E-state index in [1.54, 1.807) is 0 Å². The van der Waals surface area contributed by atoms with Gasteiger partial charge < -0.3 is 0 Å². The molecule has 0 heterocycles. The molecule has 0 amide bonds. The van der Waals surface area contributed by atoms with Gasteiger partial charge in [0.2, 0.25) is 0 Å². The fraction of sp³-hybridized carbons (Fsp3) is 1.00. The molecule has 0 bridgehead atoms. The van der Waals surface area contributed by atoms with Crippen LogP contribution in [0.1, 0.15) is 40.0 Å². The van der Waals surface area contributed by atoms with Crippen LogP contribution in [0.4, 0.5) is 0 Å². The second-order valence-corrected chi connectivity index (χ2v) is 4.68. The van der Waals surface area contributed by atoms with Gasteiger partial charge in [-0.05, 0) is 36.0 Å². The Morgan fingerprint density at radius 3 is 2.18 bits per heavy atom. The Balaban J connectivity index is 1.79. The van der Waals surface area contributed by atoms with Crippen molar-refractivity contribution in [1.29, 1.82) is 0 Å². The zero-order valence-electron chi connectivity index (χ0n) is 8.01. The van der Waals surface area contributed by atoms with Crippen molar-refractivity contribution in [1.82, 2.24) is 0 Å². The highest BCUT2D eigenvalue weighted by Gasteiger charge is 2.64. The van der Waals surface area contributed by atoms with Crippen molar-refractivity contribution < 1.29 is 0 Å². The Labute approximate surface area is 70.4 Å². The van der Waals surface area contributed by atoms with Crippen molar-refractivity contribution in [2.45, 2.75) is 40.0 Å². The summed E-state index contributed by atoms with van der Waals surface area (Å²) in [6, 6.07) is 0. The first-order chi connectivity index (χ1) is 5.27. The average molecular weight is 152 g/mol. The quantitative estimate of drug-likeness (QED) is 0.582. The molecule has 0 spiro atoms. The summed E-state index contributed by atoms with van der Waals surface area (Å²) in [6.07, 6.45) is 4.36. The second-order valence-electron chi connectivity index (χ2n) is 4.68. The Morgan fingerprint density at radius 2 is 1.73 bits per heavy atom. The molecule has 11 heavy (non-hydrogen) atoms. The maximum atomic E-state index is 2.46. The zero-order chi connectivity index (χ0) is 8.01. The first kappa shape index (κ1) is 7.64. The lowest BCUT2D eigenvalue weighted by atomic mass is 9.72. The number of rotatable bonds is 3. The highest BCUT2D eigenvalue weighted by molar-refractivity contribution is 5.11. The molecule has 0 aliphatic heterocycles. The maximum Gasteiger partial charge on any atom is -0.0321 e. The Kier molecular flexibility index (Phi) is 1.74. The van der Waals surface area contributed by atoms with E-state index in [9.17, 15) is 0 Å². The Hall–Kier alpha value is 0. The van der Waals surface area contributed by atoms with Gasteiger partial charge in [-0.1, -0.05) is 33.6 Å². The molecule has 2 saturated carbocycles. The summed E-state index contributed by atoms with van der Waals surface area (Å²) in [5.41, 5.74) is 0. The first-order valence-electron chi connectivity index (χ1n) is 5.27. The topological polar surface area (TPSA) is 0 Å². The minimum atomic E-state index is 1.07. The highest BCUT2D eigenvalue weighted by atomic mass is 14.7. The van der Waals surface area contributed by atoms with Gasteiger partial charge in [0.1, 0.15) is 0 Å². The number of fused-ring (bicyclic) bond motifs is 1. The monoisotopic (exact) mass is 152 g/mol. The molecule has 0 N–H and O–H groups in total. The van der Waals surface area contributed by atoms with E-state index in [4.69, 9.17) is 0 Å². The van der Waals surface area contributed by atoms with E-state index in [0.29, 0.717) is 0 Å². The van der Waals surface area contributed by atoms with Crippen molar-refractivity contribution in [3.63, 3.8) is 0 Å². The van der Waals surface area contributed by atoms with Gasteiger partial charge >= 0.3 is 0 Å². The number of unbranched alkanes of at least 4 members (excludes halogenated alkanes) is 1. The Bertz CT molecular complexity index is 144. The molecule has 2 rings (SSSR count). The minimum Gasteiger partial charge on any atom is -0.0654 e. The molecule has 2 fully saturated rings. The third-order valence-corrected chi connectivity index (χ3v) is 4.19. The Morgan fingerprint density at radius 1 is 1.00 bits per heavy atom. The summed E-state index contributed by atoms with van der Waals surface area (Å²) in [4.78, 5) is 0. The van der Waals surface area contributed by atoms with Gasteiger partial charge in [-0.15, -0.1) is 0 Å². The molecule has 0 aromatic heterocycles. The minimum absolute atomic E-state index is 1.07. The molecule has 64 valence electrons. The maximum absolute atomic E-state index is 2.46. The average Bonchev–Trinajstić information content (AvgIpc) is 2.57. The highest BCUT2D eigenvalue weighted by Crippen LogP contribution is 2.69.